The van der Waals surface area contributed by atoms with Crippen LogP contribution in [0, 0.1) is 50.2 Å². The minimum atomic E-state index is -1.97. The van der Waals surface area contributed by atoms with Crippen molar-refractivity contribution in [2.75, 3.05) is 26.4 Å². The zero-order chi connectivity index (χ0) is 59.4. The second-order valence-corrected chi connectivity index (χ2v) is 26.9. The highest BCUT2D eigenvalue weighted by molar-refractivity contribution is 5.79. The first-order valence-electron chi connectivity index (χ1n) is 28.8. The monoisotopic (exact) mass is 1160 g/mol. The highest BCUT2D eigenvalue weighted by Gasteiger charge is 2.72. The summed E-state index contributed by atoms with van der Waals surface area (Å²) < 4.78 is 53.7. The van der Waals surface area contributed by atoms with Crippen molar-refractivity contribution in [2.24, 2.45) is 50.2 Å². The molecule has 5 aliphatic carbocycles. The highest BCUT2D eigenvalue weighted by atomic mass is 16.8. The van der Waals surface area contributed by atoms with Gasteiger partial charge in [0, 0.05) is 12.3 Å². The van der Waals surface area contributed by atoms with Crippen LogP contribution in [0.5, 0.6) is 0 Å². The molecule has 4 aliphatic heterocycles. The third-order valence-electron chi connectivity index (χ3n) is 21.7. The van der Waals surface area contributed by atoms with E-state index in [0.717, 1.165) is 5.57 Å². The summed E-state index contributed by atoms with van der Waals surface area (Å²) in [6.07, 6.45) is -29.0. The minimum absolute atomic E-state index is 0.0867. The number of carbonyl (C=O) groups is 2. The Labute approximate surface area is 471 Å². The molecule has 464 valence electrons. The van der Waals surface area contributed by atoms with E-state index in [0.29, 0.717) is 51.4 Å². The number of fused-ring (bicyclic) bond motifs is 7. The molecule has 9 aliphatic rings. The van der Waals surface area contributed by atoms with Crippen LogP contribution < -0.4 is 0 Å². The van der Waals surface area contributed by atoms with Gasteiger partial charge in [-0.05, 0) is 104 Å². The number of hydrogen-bond acceptors (Lipinski definition) is 25. The summed E-state index contributed by atoms with van der Waals surface area (Å²) >= 11 is 0. The van der Waals surface area contributed by atoms with Crippen LogP contribution >= 0.6 is 0 Å². The average molecular weight is 1160 g/mol. The number of aliphatic hydroxyl groups is 14. The van der Waals surface area contributed by atoms with Gasteiger partial charge in [0.15, 0.2) is 25.0 Å². The number of rotatable bonds is 13. The van der Waals surface area contributed by atoms with Gasteiger partial charge in [0.05, 0.1) is 50.2 Å². The lowest BCUT2D eigenvalue weighted by molar-refractivity contribution is -0.366. The summed E-state index contributed by atoms with van der Waals surface area (Å²) in [6, 6.07) is 0. The van der Waals surface area contributed by atoms with Crippen LogP contribution in [0.4, 0.5) is 0 Å². The lowest BCUT2D eigenvalue weighted by atomic mass is 9.33. The Morgan fingerprint density at radius 1 is 0.605 bits per heavy atom. The molecule has 0 bridgehead atoms. The number of esters is 2. The van der Waals surface area contributed by atoms with Gasteiger partial charge in [-0.25, -0.2) is 0 Å². The highest BCUT2D eigenvalue weighted by Crippen LogP contribution is 2.76. The van der Waals surface area contributed by atoms with Crippen LogP contribution in [0.15, 0.2) is 11.6 Å². The number of ether oxygens (including phenoxy) is 9. The molecule has 0 amide bonds. The third-order valence-corrected chi connectivity index (χ3v) is 21.7. The number of carbonyl (C=O) groups excluding carboxylic acids is 2. The molecule has 3 unspecified atom stereocenters. The SMILES string of the molecule is CC(=O)OC[C@]1(C)[C@@H](O[C@@H]2O[C@H](CO)[C@@H](O)[C@H](O)[C@H]2O)[C@@H](O)C[C@]2(C)C3CC=C4C5CC(C)(C)CCC5(C(=O)O[C@@H]5O[C@H](CO[C@H]6O[C@@H](CO)[C@H](O)[C@@H](O)[C@@H]6O)[C@@H](O)[C@H](O)[C@H]5O[C@@H]5O[C@@H](C)[C@H](O)[C@@H](O)[C@H]5O)CC[C@@]4(C)[C@]3(C)CC[C@@H]12. The molecule has 9 rings (SSSR count). The summed E-state index contributed by atoms with van der Waals surface area (Å²) in [7, 11) is 0. The molecule has 4 saturated carbocycles. The molecule has 8 fully saturated rings. The molecule has 25 heteroatoms. The van der Waals surface area contributed by atoms with E-state index >= 15 is 4.79 Å². The first-order valence-corrected chi connectivity index (χ1v) is 28.8. The maximum Gasteiger partial charge on any atom is 0.315 e. The fourth-order valence-electron chi connectivity index (χ4n) is 16.7. The molecular formula is C56H90O25. The minimum Gasteiger partial charge on any atom is -0.465 e. The van der Waals surface area contributed by atoms with E-state index < -0.39 is 200 Å². The van der Waals surface area contributed by atoms with Crippen molar-refractivity contribution in [3.63, 3.8) is 0 Å². The summed E-state index contributed by atoms with van der Waals surface area (Å²) in [5.74, 6) is -1.99. The van der Waals surface area contributed by atoms with Crippen LogP contribution in [-0.4, -0.2) is 245 Å². The van der Waals surface area contributed by atoms with Gasteiger partial charge in [0.2, 0.25) is 6.29 Å². The molecule has 81 heavy (non-hydrogen) atoms. The lowest BCUT2D eigenvalue weighted by Crippen LogP contribution is -2.69. The molecule has 4 heterocycles. The van der Waals surface area contributed by atoms with E-state index in [1.54, 1.807) is 0 Å². The summed E-state index contributed by atoms with van der Waals surface area (Å²) in [5, 5.41) is 152. The smallest absolute Gasteiger partial charge is 0.315 e. The van der Waals surface area contributed by atoms with Crippen molar-refractivity contribution in [1.29, 1.82) is 0 Å². The van der Waals surface area contributed by atoms with Gasteiger partial charge in [0.25, 0.3) is 0 Å². The van der Waals surface area contributed by atoms with Crippen LogP contribution in [-0.2, 0) is 52.2 Å². The Morgan fingerprint density at radius 2 is 1.16 bits per heavy atom. The zero-order valence-electron chi connectivity index (χ0n) is 47.5. The largest absolute Gasteiger partial charge is 0.465 e. The van der Waals surface area contributed by atoms with Gasteiger partial charge < -0.3 is 114 Å². The Morgan fingerprint density at radius 3 is 1.78 bits per heavy atom. The number of allylic oxidation sites excluding steroid dienone is 2. The van der Waals surface area contributed by atoms with E-state index in [1.807, 2.05) is 6.92 Å². The zero-order valence-corrected chi connectivity index (χ0v) is 47.5. The molecule has 4 saturated heterocycles. The Balaban J connectivity index is 1.02. The fourth-order valence-corrected chi connectivity index (χ4v) is 16.7. The Kier molecular flexibility index (Phi) is 18.1. The summed E-state index contributed by atoms with van der Waals surface area (Å²) in [6.45, 7) is 13.3. The molecule has 30 atom stereocenters. The molecule has 25 nitrogen and oxygen atoms in total. The molecule has 0 radical (unpaired) electrons. The van der Waals surface area contributed by atoms with Crippen molar-refractivity contribution >= 4 is 11.9 Å². The molecular weight excluding hydrogens is 1070 g/mol. The van der Waals surface area contributed by atoms with Crippen molar-refractivity contribution in [3.8, 4) is 0 Å². The topological polar surface area (TPSA) is 400 Å². The quantitative estimate of drug-likeness (QED) is 0.0515. The van der Waals surface area contributed by atoms with Crippen molar-refractivity contribution in [3.05, 3.63) is 11.6 Å². The average Bonchev–Trinajstić information content (AvgIpc) is 3.27. The van der Waals surface area contributed by atoms with Crippen LogP contribution in [0.3, 0.4) is 0 Å². The first-order chi connectivity index (χ1) is 37.8. The standard InChI is InChI=1S/C56H90O25/c1-23-33(61)37(65)42(70)47(75-23)79-44-40(68)36(64)30(21-73-46-41(69)38(66)34(62)28(19-57)76-46)78-49(44)81-50(72)56-15-13-51(3,4)17-26(56)25-9-10-32-52(5)18-27(60)45(80-48-43(71)39(67)35(63)29(20-58)77-48)53(6,22-74-24(2)59)31(52)11-12-55(32,8)54(25,7)14-16-56/h9,23,26-49,57-58,60-71H,10-22H2,1-8H3/t23-,26?,27-,28-,29+,30+,31+,32?,33-,34-,35+,36+,37+,38+,39-,40-,41-,42+,43+,44+,45-,46-,47-,48-,49-,52-,53-,54+,55+,56?/m0/s1. The van der Waals surface area contributed by atoms with Gasteiger partial charge >= 0.3 is 11.9 Å². The lowest BCUT2D eigenvalue weighted by Gasteiger charge is -2.71. The number of aliphatic hydroxyl groups excluding tert-OH is 14. The predicted octanol–water partition coefficient (Wildman–Crippen LogP) is -2.49. The van der Waals surface area contributed by atoms with Crippen LogP contribution in [0.1, 0.15) is 113 Å². The second kappa shape index (κ2) is 23.2. The second-order valence-electron chi connectivity index (χ2n) is 26.9. The normalized spacial score (nSPS) is 53.4. The molecule has 14 N–H and O–H groups in total. The van der Waals surface area contributed by atoms with E-state index in [2.05, 4.69) is 40.7 Å². The van der Waals surface area contributed by atoms with E-state index in [1.165, 1.54) is 13.8 Å². The van der Waals surface area contributed by atoms with E-state index in [9.17, 15) is 76.3 Å². The molecule has 0 aromatic rings. The van der Waals surface area contributed by atoms with Gasteiger partial charge in [-0.2, -0.15) is 0 Å². The summed E-state index contributed by atoms with van der Waals surface area (Å²) in [5.41, 5.74) is -3.08. The van der Waals surface area contributed by atoms with Crippen LogP contribution in [0.2, 0.25) is 0 Å². The van der Waals surface area contributed by atoms with Gasteiger partial charge in [-0.1, -0.05) is 53.2 Å². The Bertz CT molecular complexity index is 2270. The first kappa shape index (κ1) is 63.3. The van der Waals surface area contributed by atoms with E-state index in [4.69, 9.17) is 42.6 Å². The van der Waals surface area contributed by atoms with E-state index in [-0.39, 0.29) is 30.3 Å². The Hall–Kier alpha value is -2.16. The molecule has 0 spiro atoms. The third kappa shape index (κ3) is 10.7. The van der Waals surface area contributed by atoms with Crippen molar-refractivity contribution < 1.29 is 124 Å². The predicted molar refractivity (Wildman–Crippen MR) is 274 cm³/mol. The van der Waals surface area contributed by atoms with Gasteiger partial charge in [0.1, 0.15) is 85.5 Å². The number of hydrogen-bond donors (Lipinski definition) is 14. The maximum absolute atomic E-state index is 15.6. The maximum atomic E-state index is 15.6. The van der Waals surface area contributed by atoms with Gasteiger partial charge in [-0.15, -0.1) is 0 Å². The van der Waals surface area contributed by atoms with Gasteiger partial charge in [-0.3, -0.25) is 9.59 Å². The van der Waals surface area contributed by atoms with Crippen LogP contribution in [0.25, 0.3) is 0 Å². The fraction of sp³-hybridized carbons (Fsp3) is 0.929. The van der Waals surface area contributed by atoms with Crippen molar-refractivity contribution in [1.82, 2.24) is 0 Å². The van der Waals surface area contributed by atoms with Crippen molar-refractivity contribution in [2.45, 2.75) is 248 Å². The molecule has 0 aromatic carbocycles. The molecule has 0 aromatic heterocycles. The summed E-state index contributed by atoms with van der Waals surface area (Å²) in [4.78, 5) is 28.2.